The van der Waals surface area contributed by atoms with Crippen molar-refractivity contribution in [3.8, 4) is 11.5 Å². The zero-order valence-corrected chi connectivity index (χ0v) is 13.4. The van der Waals surface area contributed by atoms with Gasteiger partial charge < -0.3 is 24.6 Å². The number of benzene rings is 1. The zero-order valence-electron chi connectivity index (χ0n) is 13.4. The van der Waals surface area contributed by atoms with Crippen LogP contribution in [-0.4, -0.2) is 45.2 Å². The molecule has 0 aliphatic rings. The van der Waals surface area contributed by atoms with E-state index in [1.165, 1.54) is 0 Å². The van der Waals surface area contributed by atoms with Gasteiger partial charge in [0.2, 0.25) is 0 Å². The minimum Gasteiger partial charge on any atom is -0.497 e. The maximum Gasteiger partial charge on any atom is 0.127 e. The summed E-state index contributed by atoms with van der Waals surface area (Å²) in [5.41, 5.74) is 1.04. The molecule has 0 fully saturated rings. The Kier molecular flexibility index (Phi) is 8.12. The van der Waals surface area contributed by atoms with Crippen LogP contribution >= 0.6 is 0 Å². The van der Waals surface area contributed by atoms with Crippen LogP contribution in [0.5, 0.6) is 11.5 Å². The number of ether oxygens (including phenoxy) is 3. The van der Waals surface area contributed by atoms with Gasteiger partial charge in [0.05, 0.1) is 13.7 Å². The van der Waals surface area contributed by atoms with Gasteiger partial charge in [0.1, 0.15) is 24.2 Å². The molecule has 0 spiro atoms. The molecular formula is C16H27NO4. The van der Waals surface area contributed by atoms with Gasteiger partial charge in [0, 0.05) is 25.3 Å². The summed E-state index contributed by atoms with van der Waals surface area (Å²) in [6.07, 6.45) is -0.641. The first-order chi connectivity index (χ1) is 10.1. The lowest BCUT2D eigenvalue weighted by Gasteiger charge is -2.16. The number of rotatable bonds is 10. The molecule has 1 aromatic rings. The molecule has 5 nitrogen and oxygen atoms in total. The van der Waals surface area contributed by atoms with Crippen LogP contribution in [0, 0.1) is 5.92 Å². The normalized spacial score (nSPS) is 12.5. The average Bonchev–Trinajstić information content (AvgIpc) is 2.46. The van der Waals surface area contributed by atoms with Gasteiger partial charge in [0.25, 0.3) is 0 Å². The van der Waals surface area contributed by atoms with Crippen molar-refractivity contribution in [3.05, 3.63) is 23.8 Å². The first-order valence-corrected chi connectivity index (χ1v) is 7.24. The summed E-state index contributed by atoms with van der Waals surface area (Å²) in [6, 6.07) is 5.72. The molecule has 0 aromatic heterocycles. The zero-order chi connectivity index (χ0) is 15.7. The van der Waals surface area contributed by atoms with E-state index in [9.17, 15) is 5.11 Å². The predicted octanol–water partition coefficient (Wildman–Crippen LogP) is 1.83. The summed E-state index contributed by atoms with van der Waals surface area (Å²) in [6.45, 7) is 6.44. The van der Waals surface area contributed by atoms with Gasteiger partial charge in [-0.1, -0.05) is 19.9 Å². The molecule has 1 atom stereocenters. The highest BCUT2D eigenvalue weighted by molar-refractivity contribution is 5.40. The van der Waals surface area contributed by atoms with E-state index in [1.807, 2.05) is 18.2 Å². The lowest BCUT2D eigenvalue weighted by Crippen LogP contribution is -2.24. The Morgan fingerprint density at radius 1 is 1.19 bits per heavy atom. The molecule has 0 heterocycles. The molecule has 1 unspecified atom stereocenters. The number of nitrogens with one attached hydrogen (secondary N) is 1. The summed E-state index contributed by atoms with van der Waals surface area (Å²) >= 11 is 0. The highest BCUT2D eigenvalue weighted by Gasteiger charge is 2.09. The Morgan fingerprint density at radius 2 is 1.95 bits per heavy atom. The fourth-order valence-electron chi connectivity index (χ4n) is 1.86. The molecule has 120 valence electrons. The molecule has 0 radical (unpaired) electrons. The van der Waals surface area contributed by atoms with Gasteiger partial charge >= 0.3 is 0 Å². The van der Waals surface area contributed by atoms with Crippen LogP contribution < -0.4 is 14.8 Å². The predicted molar refractivity (Wildman–Crippen MR) is 82.9 cm³/mol. The van der Waals surface area contributed by atoms with E-state index < -0.39 is 6.10 Å². The van der Waals surface area contributed by atoms with E-state index in [4.69, 9.17) is 14.2 Å². The first kappa shape index (κ1) is 17.8. The van der Waals surface area contributed by atoms with E-state index >= 15 is 0 Å². The van der Waals surface area contributed by atoms with E-state index in [2.05, 4.69) is 19.2 Å². The minimum atomic E-state index is -0.641. The highest BCUT2D eigenvalue weighted by Crippen LogP contribution is 2.25. The van der Waals surface area contributed by atoms with E-state index in [0.717, 1.165) is 30.2 Å². The summed E-state index contributed by atoms with van der Waals surface area (Å²) in [7, 11) is 3.17. The number of hydrogen-bond acceptors (Lipinski definition) is 5. The molecule has 0 saturated carbocycles. The van der Waals surface area contributed by atoms with Crippen LogP contribution in [0.2, 0.25) is 0 Å². The van der Waals surface area contributed by atoms with Crippen molar-refractivity contribution in [2.75, 3.05) is 34.0 Å². The standard InChI is InChI=1S/C16H27NO4/c1-12(2)8-17-9-13-5-6-15(20-4)7-16(13)21-11-14(18)10-19-3/h5-7,12,14,17-18H,8-11H2,1-4H3. The van der Waals surface area contributed by atoms with Crippen molar-refractivity contribution >= 4 is 0 Å². The molecular weight excluding hydrogens is 270 g/mol. The fourth-order valence-corrected chi connectivity index (χ4v) is 1.86. The fraction of sp³-hybridized carbons (Fsp3) is 0.625. The van der Waals surface area contributed by atoms with Crippen molar-refractivity contribution in [2.45, 2.75) is 26.5 Å². The minimum absolute atomic E-state index is 0.193. The highest BCUT2D eigenvalue weighted by atomic mass is 16.5. The Morgan fingerprint density at radius 3 is 2.57 bits per heavy atom. The second-order valence-corrected chi connectivity index (χ2v) is 5.42. The van der Waals surface area contributed by atoms with Crippen LogP contribution in [0.4, 0.5) is 0 Å². The molecule has 5 heteroatoms. The summed E-state index contributed by atoms with van der Waals surface area (Å²) in [4.78, 5) is 0. The molecule has 0 aliphatic carbocycles. The van der Waals surface area contributed by atoms with Gasteiger partial charge in [-0.3, -0.25) is 0 Å². The summed E-state index contributed by atoms with van der Waals surface area (Å²) < 4.78 is 15.8. The van der Waals surface area contributed by atoms with Gasteiger partial charge in [-0.15, -0.1) is 0 Å². The van der Waals surface area contributed by atoms with Crippen LogP contribution in [0.15, 0.2) is 18.2 Å². The van der Waals surface area contributed by atoms with Crippen molar-refractivity contribution < 1.29 is 19.3 Å². The Labute approximate surface area is 127 Å². The monoisotopic (exact) mass is 297 g/mol. The van der Waals surface area contributed by atoms with Gasteiger partial charge in [-0.05, 0) is 18.5 Å². The number of hydrogen-bond donors (Lipinski definition) is 2. The molecule has 0 saturated heterocycles. The summed E-state index contributed by atoms with van der Waals surface area (Å²) in [5, 5.41) is 13.1. The Balaban J connectivity index is 2.67. The second-order valence-electron chi connectivity index (χ2n) is 5.42. The Bertz CT molecular complexity index is 409. The molecule has 0 amide bonds. The quantitative estimate of drug-likeness (QED) is 0.690. The Hall–Kier alpha value is -1.30. The topological polar surface area (TPSA) is 60.0 Å². The maximum atomic E-state index is 9.68. The van der Waals surface area contributed by atoms with Gasteiger partial charge in [-0.25, -0.2) is 0 Å². The van der Waals surface area contributed by atoms with Crippen molar-refractivity contribution in [2.24, 2.45) is 5.92 Å². The van der Waals surface area contributed by atoms with Gasteiger partial charge in [-0.2, -0.15) is 0 Å². The van der Waals surface area contributed by atoms with Crippen LogP contribution in [-0.2, 0) is 11.3 Å². The number of aliphatic hydroxyl groups is 1. The molecule has 1 rings (SSSR count). The largest absolute Gasteiger partial charge is 0.497 e. The van der Waals surface area contributed by atoms with E-state index in [0.29, 0.717) is 5.92 Å². The van der Waals surface area contributed by atoms with E-state index in [1.54, 1.807) is 14.2 Å². The SMILES string of the molecule is COCC(O)COc1cc(OC)ccc1CNCC(C)C. The van der Waals surface area contributed by atoms with Crippen molar-refractivity contribution in [3.63, 3.8) is 0 Å². The lowest BCUT2D eigenvalue weighted by molar-refractivity contribution is 0.0322. The third-order valence-electron chi connectivity index (χ3n) is 2.93. The third kappa shape index (κ3) is 6.80. The molecule has 0 bridgehead atoms. The van der Waals surface area contributed by atoms with Crippen LogP contribution in [0.25, 0.3) is 0 Å². The second kappa shape index (κ2) is 9.60. The van der Waals surface area contributed by atoms with E-state index in [-0.39, 0.29) is 13.2 Å². The van der Waals surface area contributed by atoms with Crippen molar-refractivity contribution in [1.29, 1.82) is 0 Å². The smallest absolute Gasteiger partial charge is 0.127 e. The summed E-state index contributed by atoms with van der Waals surface area (Å²) in [5.74, 6) is 2.05. The van der Waals surface area contributed by atoms with Crippen molar-refractivity contribution in [1.82, 2.24) is 5.32 Å². The molecule has 0 aliphatic heterocycles. The van der Waals surface area contributed by atoms with Gasteiger partial charge in [0.15, 0.2) is 0 Å². The first-order valence-electron chi connectivity index (χ1n) is 7.24. The van der Waals surface area contributed by atoms with Crippen LogP contribution in [0.1, 0.15) is 19.4 Å². The van der Waals surface area contributed by atoms with Crippen LogP contribution in [0.3, 0.4) is 0 Å². The molecule has 1 aromatic carbocycles. The third-order valence-corrected chi connectivity index (χ3v) is 2.93. The molecule has 2 N–H and O–H groups in total. The maximum absolute atomic E-state index is 9.68. The number of aliphatic hydroxyl groups excluding tert-OH is 1. The average molecular weight is 297 g/mol. The number of methoxy groups -OCH3 is 2. The lowest BCUT2D eigenvalue weighted by atomic mass is 10.1. The molecule has 21 heavy (non-hydrogen) atoms.